The van der Waals surface area contributed by atoms with Crippen molar-refractivity contribution < 1.29 is 39.6 Å². The first kappa shape index (κ1) is 26.1. The molecule has 0 aliphatic heterocycles. The number of anilines is 2. The molecular weight excluding hydrogens is 530 g/mol. The van der Waals surface area contributed by atoms with E-state index in [1.54, 1.807) is 18.2 Å². The summed E-state index contributed by atoms with van der Waals surface area (Å²) < 4.78 is 0. The van der Waals surface area contributed by atoms with Crippen LogP contribution < -0.4 is 16.4 Å². The van der Waals surface area contributed by atoms with Gasteiger partial charge in [-0.2, -0.15) is 0 Å². The molecule has 208 valence electrons. The first-order valence-electron chi connectivity index (χ1n) is 12.9. The highest BCUT2D eigenvalue weighted by Gasteiger charge is 2.59. The van der Waals surface area contributed by atoms with Crippen LogP contribution in [-0.4, -0.2) is 49.5 Å². The van der Waals surface area contributed by atoms with Gasteiger partial charge in [-0.25, -0.2) is 4.79 Å². The Hall–Kier alpha value is -5.16. The molecule has 6 rings (SSSR count). The number of Topliss-reactive ketones (excluding diaryl/α,β-unsaturated/α-hetero) is 2. The molecule has 0 radical (unpaired) electrons. The third kappa shape index (κ3) is 3.85. The molecule has 11 nitrogen and oxygen atoms in total. The number of carbonyl (C=O) groups is 4. The summed E-state index contributed by atoms with van der Waals surface area (Å²) in [5.41, 5.74) is 2.19. The van der Waals surface area contributed by atoms with Gasteiger partial charge in [-0.05, 0) is 41.8 Å². The van der Waals surface area contributed by atoms with Crippen LogP contribution in [0.1, 0.15) is 28.8 Å². The smallest absolute Gasteiger partial charge is 0.323 e. The van der Waals surface area contributed by atoms with Crippen molar-refractivity contribution in [2.45, 2.75) is 24.9 Å². The van der Waals surface area contributed by atoms with Gasteiger partial charge in [0.1, 0.15) is 17.1 Å². The SMILES string of the molecule is NC(=O)C1=C(O)C[C@@H]2C[C@@H]3Cc4ccc(NC(=O)Nc5cccc6ccccc56)c(O)c4C(=O)C3=C(O)[C@]2(O)C1=O. The van der Waals surface area contributed by atoms with E-state index in [0.717, 1.165) is 10.8 Å². The number of primary amides is 1. The molecule has 0 saturated heterocycles. The van der Waals surface area contributed by atoms with E-state index in [-0.39, 0.29) is 36.1 Å². The Bertz CT molecular complexity index is 1770. The van der Waals surface area contributed by atoms with Gasteiger partial charge < -0.3 is 36.8 Å². The molecule has 0 aromatic heterocycles. The number of phenols is 1. The quantitative estimate of drug-likeness (QED) is 0.188. The number of aliphatic hydroxyl groups is 3. The van der Waals surface area contributed by atoms with Gasteiger partial charge in [-0.3, -0.25) is 14.4 Å². The van der Waals surface area contributed by atoms with Crippen LogP contribution in [-0.2, 0) is 16.0 Å². The number of allylic oxidation sites excluding steroid dienone is 2. The monoisotopic (exact) mass is 555 g/mol. The fourth-order valence-electron chi connectivity index (χ4n) is 6.31. The van der Waals surface area contributed by atoms with Crippen molar-refractivity contribution in [3.05, 3.63) is 88.4 Å². The fraction of sp³-hybridized carbons (Fsp3) is 0.200. The zero-order valence-corrected chi connectivity index (χ0v) is 21.5. The van der Waals surface area contributed by atoms with E-state index in [9.17, 15) is 39.6 Å². The van der Waals surface area contributed by atoms with Crippen LogP contribution in [0.4, 0.5) is 16.2 Å². The number of amides is 3. The molecule has 3 aliphatic carbocycles. The standard InChI is InChI=1S/C30H25N3O8/c31-28(39)23-20(34)12-16-11-15-10-14-8-9-19(24(35)21(14)25(36)22(15)26(37)30(16,41)27(23)38)33-29(40)32-18-7-3-5-13-4-1-2-6-17(13)18/h1-9,15-16,34-35,37,41H,10-12H2,(H2,31,39)(H2,32,33,40)/t15-,16-,30-/m0/s1. The summed E-state index contributed by atoms with van der Waals surface area (Å²) >= 11 is 0. The minimum atomic E-state index is -2.64. The molecule has 0 unspecified atom stereocenters. The van der Waals surface area contributed by atoms with Gasteiger partial charge in [0.05, 0.1) is 16.9 Å². The van der Waals surface area contributed by atoms with Gasteiger partial charge in [0.15, 0.2) is 17.1 Å². The third-order valence-electron chi connectivity index (χ3n) is 8.22. The normalized spacial score (nSPS) is 23.5. The number of benzene rings is 3. The van der Waals surface area contributed by atoms with Crippen LogP contribution >= 0.6 is 0 Å². The predicted octanol–water partition coefficient (Wildman–Crippen LogP) is 3.38. The van der Waals surface area contributed by atoms with Crippen LogP contribution in [0, 0.1) is 11.8 Å². The van der Waals surface area contributed by atoms with Gasteiger partial charge in [-0.15, -0.1) is 0 Å². The van der Waals surface area contributed by atoms with E-state index >= 15 is 0 Å². The predicted molar refractivity (Wildman–Crippen MR) is 147 cm³/mol. The summed E-state index contributed by atoms with van der Waals surface area (Å²) in [6.07, 6.45) is -0.0864. The van der Waals surface area contributed by atoms with Crippen molar-refractivity contribution in [3.8, 4) is 5.75 Å². The Balaban J connectivity index is 1.33. The molecule has 0 heterocycles. The van der Waals surface area contributed by atoms with E-state index in [2.05, 4.69) is 10.6 Å². The zero-order valence-electron chi connectivity index (χ0n) is 21.5. The molecule has 0 bridgehead atoms. The maximum absolute atomic E-state index is 13.7. The summed E-state index contributed by atoms with van der Waals surface area (Å²) in [5, 5.41) is 50.8. The highest BCUT2D eigenvalue weighted by molar-refractivity contribution is 6.24. The topological polar surface area (TPSA) is 199 Å². The highest BCUT2D eigenvalue weighted by atomic mass is 16.3. The van der Waals surface area contributed by atoms with E-state index in [1.807, 2.05) is 30.3 Å². The number of phenolic OH excluding ortho intramolecular Hbond substituents is 1. The lowest BCUT2D eigenvalue weighted by Gasteiger charge is -2.45. The van der Waals surface area contributed by atoms with E-state index < -0.39 is 63.8 Å². The minimum absolute atomic E-state index is 0.0388. The van der Waals surface area contributed by atoms with E-state index in [1.165, 1.54) is 6.07 Å². The maximum Gasteiger partial charge on any atom is 0.323 e. The van der Waals surface area contributed by atoms with E-state index in [4.69, 9.17) is 5.73 Å². The average molecular weight is 556 g/mol. The number of carbonyl (C=O) groups excluding carboxylic acids is 4. The van der Waals surface area contributed by atoms with Gasteiger partial charge in [0.25, 0.3) is 5.91 Å². The number of urea groups is 1. The molecule has 3 aliphatic rings. The summed E-state index contributed by atoms with van der Waals surface area (Å²) in [6.45, 7) is 0. The fourth-order valence-corrected chi connectivity index (χ4v) is 6.31. The number of ketones is 2. The van der Waals surface area contributed by atoms with Crippen LogP contribution in [0.3, 0.4) is 0 Å². The van der Waals surface area contributed by atoms with E-state index in [0.29, 0.717) is 11.3 Å². The Morgan fingerprint density at radius 1 is 0.902 bits per heavy atom. The molecule has 41 heavy (non-hydrogen) atoms. The molecule has 3 amide bonds. The van der Waals surface area contributed by atoms with Gasteiger partial charge in [0.2, 0.25) is 5.78 Å². The van der Waals surface area contributed by atoms with Crippen LogP contribution in [0.5, 0.6) is 5.75 Å². The lowest BCUT2D eigenvalue weighted by Crippen LogP contribution is -2.57. The molecule has 0 saturated carbocycles. The second kappa shape index (κ2) is 9.20. The Morgan fingerprint density at radius 3 is 2.37 bits per heavy atom. The van der Waals surface area contributed by atoms with Crippen molar-refractivity contribution in [3.63, 3.8) is 0 Å². The largest absolute Gasteiger partial charge is 0.511 e. The Morgan fingerprint density at radius 2 is 1.61 bits per heavy atom. The number of hydrogen-bond donors (Lipinski definition) is 7. The Kier molecular flexibility index (Phi) is 5.86. The number of fused-ring (bicyclic) bond motifs is 4. The molecule has 0 fully saturated rings. The van der Waals surface area contributed by atoms with Crippen molar-refractivity contribution in [1.29, 1.82) is 0 Å². The molecular formula is C30H25N3O8. The second-order valence-electron chi connectivity index (χ2n) is 10.5. The first-order chi connectivity index (χ1) is 19.5. The second-order valence-corrected chi connectivity index (χ2v) is 10.5. The number of aliphatic hydroxyl groups excluding tert-OH is 2. The van der Waals surface area contributed by atoms with Gasteiger partial charge >= 0.3 is 6.03 Å². The van der Waals surface area contributed by atoms with Gasteiger partial charge in [-0.1, -0.05) is 42.5 Å². The molecule has 8 N–H and O–H groups in total. The Labute approximate surface area is 232 Å². The van der Waals surface area contributed by atoms with Gasteiger partial charge in [0, 0.05) is 23.3 Å². The highest BCUT2D eigenvalue weighted by Crippen LogP contribution is 2.51. The minimum Gasteiger partial charge on any atom is -0.511 e. The van der Waals surface area contributed by atoms with Crippen LogP contribution in [0.25, 0.3) is 10.8 Å². The number of rotatable bonds is 3. The average Bonchev–Trinajstić information content (AvgIpc) is 2.92. The van der Waals surface area contributed by atoms with Crippen molar-refractivity contribution in [1.82, 2.24) is 0 Å². The summed E-state index contributed by atoms with van der Waals surface area (Å²) in [4.78, 5) is 51.4. The number of hydrogen-bond acceptors (Lipinski definition) is 8. The summed E-state index contributed by atoms with van der Waals surface area (Å²) in [7, 11) is 0. The van der Waals surface area contributed by atoms with Crippen LogP contribution in [0.15, 0.2) is 77.3 Å². The summed E-state index contributed by atoms with van der Waals surface area (Å²) in [6, 6.07) is 15.2. The number of nitrogens with one attached hydrogen (secondary N) is 2. The zero-order chi connectivity index (χ0) is 29.2. The van der Waals surface area contributed by atoms with Crippen molar-refractivity contribution in [2.75, 3.05) is 10.6 Å². The van der Waals surface area contributed by atoms with Crippen molar-refractivity contribution >= 4 is 45.7 Å². The van der Waals surface area contributed by atoms with Crippen molar-refractivity contribution in [2.24, 2.45) is 17.6 Å². The summed E-state index contributed by atoms with van der Waals surface area (Å²) in [5.74, 6) is -7.08. The number of nitrogens with two attached hydrogens (primary N) is 1. The maximum atomic E-state index is 13.7. The lowest BCUT2D eigenvalue weighted by molar-refractivity contribution is -0.144. The molecule has 3 aromatic rings. The van der Waals surface area contributed by atoms with Crippen LogP contribution in [0.2, 0.25) is 0 Å². The number of aromatic hydroxyl groups is 1. The molecule has 3 atom stereocenters. The third-order valence-corrected chi connectivity index (χ3v) is 8.22. The molecule has 11 heteroatoms. The lowest BCUT2D eigenvalue weighted by atomic mass is 9.60. The molecule has 0 spiro atoms. The first-order valence-corrected chi connectivity index (χ1v) is 12.9. The molecule has 3 aromatic carbocycles.